The van der Waals surface area contributed by atoms with E-state index in [2.05, 4.69) is 5.48 Å². The van der Waals surface area contributed by atoms with E-state index in [9.17, 15) is 10.2 Å². The minimum atomic E-state index is -0.0615. The van der Waals surface area contributed by atoms with Gasteiger partial charge in [0.2, 0.25) is 0 Å². The maximum atomic E-state index is 9.39. The summed E-state index contributed by atoms with van der Waals surface area (Å²) in [4.78, 5) is 5.59. The molecule has 0 bridgehead atoms. The topological polar surface area (TPSA) is 61.7 Å². The van der Waals surface area contributed by atoms with Crippen LogP contribution >= 0.6 is 0 Å². The predicted molar refractivity (Wildman–Crippen MR) is 64.7 cm³/mol. The van der Waals surface area contributed by atoms with Gasteiger partial charge in [0.15, 0.2) is 0 Å². The molecule has 1 aromatic rings. The zero-order valence-electron chi connectivity index (χ0n) is 10.0. The second kappa shape index (κ2) is 5.38. The summed E-state index contributed by atoms with van der Waals surface area (Å²) in [5.74, 6) is 0.129. The van der Waals surface area contributed by atoms with E-state index in [0.29, 0.717) is 6.10 Å². The number of benzene rings is 1. The van der Waals surface area contributed by atoms with Gasteiger partial charge in [-0.3, -0.25) is 4.84 Å². The Labute approximate surface area is 101 Å². The summed E-state index contributed by atoms with van der Waals surface area (Å²) in [6.07, 6.45) is 4.96. The summed E-state index contributed by atoms with van der Waals surface area (Å²) in [7, 11) is 0. The Morgan fingerprint density at radius 1 is 1.18 bits per heavy atom. The number of aromatic hydroxyl groups is 2. The Bertz CT molecular complexity index is 355. The molecule has 1 saturated carbocycles. The molecule has 0 aliphatic heterocycles. The number of phenolic OH excluding ortho intramolecular Hbond substituents is 2. The zero-order chi connectivity index (χ0) is 12.3. The van der Waals surface area contributed by atoms with E-state index in [1.54, 1.807) is 12.1 Å². The minimum Gasteiger partial charge on any atom is -0.508 e. The van der Waals surface area contributed by atoms with Crippen molar-refractivity contribution in [2.45, 2.75) is 44.8 Å². The molecule has 0 saturated heterocycles. The van der Waals surface area contributed by atoms with Gasteiger partial charge in [-0.1, -0.05) is 12.8 Å². The lowest BCUT2D eigenvalue weighted by atomic mass is 10.1. The first-order valence-corrected chi connectivity index (χ1v) is 6.09. The normalized spacial score (nSPS) is 18.4. The molecule has 1 unspecified atom stereocenters. The van der Waals surface area contributed by atoms with Gasteiger partial charge in [-0.2, -0.15) is 5.48 Å². The molecule has 2 rings (SSSR count). The predicted octanol–water partition coefficient (Wildman–Crippen LogP) is 2.62. The van der Waals surface area contributed by atoms with Gasteiger partial charge < -0.3 is 10.2 Å². The van der Waals surface area contributed by atoms with Gasteiger partial charge in [-0.15, -0.1) is 0 Å². The first-order valence-electron chi connectivity index (χ1n) is 6.09. The third kappa shape index (κ3) is 3.35. The summed E-state index contributed by atoms with van der Waals surface area (Å²) in [6.45, 7) is 1.93. The van der Waals surface area contributed by atoms with Crippen LogP contribution in [0.5, 0.6) is 11.5 Å². The highest BCUT2D eigenvalue weighted by Gasteiger charge is 2.17. The van der Waals surface area contributed by atoms with Crippen LogP contribution in [0.3, 0.4) is 0 Å². The van der Waals surface area contributed by atoms with Crippen LogP contribution in [0.2, 0.25) is 0 Å². The first kappa shape index (κ1) is 12.2. The van der Waals surface area contributed by atoms with Gasteiger partial charge in [0.1, 0.15) is 11.5 Å². The van der Waals surface area contributed by atoms with Gasteiger partial charge in [-0.05, 0) is 37.5 Å². The number of rotatable bonds is 4. The molecule has 0 heterocycles. The highest BCUT2D eigenvalue weighted by Crippen LogP contribution is 2.26. The molecule has 4 heteroatoms. The monoisotopic (exact) mass is 237 g/mol. The van der Waals surface area contributed by atoms with Gasteiger partial charge in [-0.25, -0.2) is 0 Å². The van der Waals surface area contributed by atoms with E-state index >= 15 is 0 Å². The van der Waals surface area contributed by atoms with E-state index in [1.807, 2.05) is 6.92 Å². The van der Waals surface area contributed by atoms with Crippen LogP contribution in [0.1, 0.15) is 44.2 Å². The molecule has 0 aromatic heterocycles. The minimum absolute atomic E-state index is 0.0615. The van der Waals surface area contributed by atoms with E-state index in [4.69, 9.17) is 4.84 Å². The van der Waals surface area contributed by atoms with Gasteiger partial charge in [0.25, 0.3) is 0 Å². The summed E-state index contributed by atoms with van der Waals surface area (Å²) in [5, 5.41) is 18.8. The van der Waals surface area contributed by atoms with Crippen molar-refractivity contribution in [2.24, 2.45) is 0 Å². The van der Waals surface area contributed by atoms with Crippen molar-refractivity contribution in [1.82, 2.24) is 5.48 Å². The number of nitrogens with one attached hydrogen (secondary N) is 1. The molecule has 1 atom stereocenters. The third-order valence-corrected chi connectivity index (χ3v) is 3.14. The average Bonchev–Trinajstić information content (AvgIpc) is 2.77. The molecule has 0 radical (unpaired) electrons. The van der Waals surface area contributed by atoms with Crippen LogP contribution < -0.4 is 5.48 Å². The fourth-order valence-electron chi connectivity index (χ4n) is 2.14. The Morgan fingerprint density at radius 2 is 1.76 bits per heavy atom. The number of hydrogen-bond donors (Lipinski definition) is 3. The highest BCUT2D eigenvalue weighted by molar-refractivity contribution is 5.37. The van der Waals surface area contributed by atoms with Gasteiger partial charge >= 0.3 is 0 Å². The van der Waals surface area contributed by atoms with Crippen molar-refractivity contribution in [2.75, 3.05) is 0 Å². The van der Waals surface area contributed by atoms with Crippen LogP contribution in [-0.2, 0) is 4.84 Å². The average molecular weight is 237 g/mol. The van der Waals surface area contributed by atoms with Crippen molar-refractivity contribution < 1.29 is 15.1 Å². The summed E-state index contributed by atoms with van der Waals surface area (Å²) in [5.41, 5.74) is 3.78. The molecule has 4 nitrogen and oxygen atoms in total. The second-order valence-corrected chi connectivity index (χ2v) is 4.65. The molecular weight excluding hydrogens is 218 g/mol. The van der Waals surface area contributed by atoms with Crippen molar-refractivity contribution in [3.8, 4) is 11.5 Å². The molecule has 1 aliphatic carbocycles. The van der Waals surface area contributed by atoms with Crippen molar-refractivity contribution in [1.29, 1.82) is 0 Å². The van der Waals surface area contributed by atoms with Crippen molar-refractivity contribution in [3.63, 3.8) is 0 Å². The smallest absolute Gasteiger partial charge is 0.119 e. The Balaban J connectivity index is 1.91. The SMILES string of the molecule is CC(NOC1CCCC1)c1cc(O)cc(O)c1. The van der Waals surface area contributed by atoms with Crippen LogP contribution in [0.25, 0.3) is 0 Å². The largest absolute Gasteiger partial charge is 0.508 e. The van der Waals surface area contributed by atoms with Crippen LogP contribution in [0, 0.1) is 0 Å². The zero-order valence-corrected chi connectivity index (χ0v) is 10.0. The van der Waals surface area contributed by atoms with Crippen LogP contribution in [-0.4, -0.2) is 16.3 Å². The number of hydrogen-bond acceptors (Lipinski definition) is 4. The first-order chi connectivity index (χ1) is 8.15. The highest BCUT2D eigenvalue weighted by atomic mass is 16.7. The second-order valence-electron chi connectivity index (χ2n) is 4.65. The Hall–Kier alpha value is -1.26. The van der Waals surface area contributed by atoms with E-state index in [1.165, 1.54) is 18.9 Å². The molecule has 0 amide bonds. The van der Waals surface area contributed by atoms with Crippen molar-refractivity contribution >= 4 is 0 Å². The van der Waals surface area contributed by atoms with E-state index in [-0.39, 0.29) is 17.5 Å². The Kier molecular flexibility index (Phi) is 3.86. The maximum Gasteiger partial charge on any atom is 0.119 e. The van der Waals surface area contributed by atoms with Gasteiger partial charge in [0, 0.05) is 6.07 Å². The quantitative estimate of drug-likeness (QED) is 0.704. The summed E-state index contributed by atoms with van der Waals surface area (Å²) in [6, 6.07) is 4.49. The molecule has 1 fully saturated rings. The lowest BCUT2D eigenvalue weighted by molar-refractivity contribution is -0.0377. The molecule has 17 heavy (non-hydrogen) atoms. The lowest BCUT2D eigenvalue weighted by Crippen LogP contribution is -2.24. The van der Waals surface area contributed by atoms with E-state index < -0.39 is 0 Å². The molecule has 1 aliphatic rings. The summed E-state index contributed by atoms with van der Waals surface area (Å²) < 4.78 is 0. The van der Waals surface area contributed by atoms with Crippen LogP contribution in [0.4, 0.5) is 0 Å². The lowest BCUT2D eigenvalue weighted by Gasteiger charge is -2.18. The molecule has 1 aromatic carbocycles. The maximum absolute atomic E-state index is 9.39. The summed E-state index contributed by atoms with van der Waals surface area (Å²) >= 11 is 0. The number of phenols is 2. The Morgan fingerprint density at radius 3 is 2.35 bits per heavy atom. The molecule has 94 valence electrons. The van der Waals surface area contributed by atoms with Gasteiger partial charge in [0.05, 0.1) is 12.1 Å². The fourth-order valence-corrected chi connectivity index (χ4v) is 2.14. The molecular formula is C13H19NO3. The third-order valence-electron chi connectivity index (χ3n) is 3.14. The number of hydroxylamine groups is 1. The van der Waals surface area contributed by atoms with Crippen molar-refractivity contribution in [3.05, 3.63) is 23.8 Å². The molecule has 0 spiro atoms. The molecule has 3 N–H and O–H groups in total. The fraction of sp³-hybridized carbons (Fsp3) is 0.538. The van der Waals surface area contributed by atoms with Crippen LogP contribution in [0.15, 0.2) is 18.2 Å². The standard InChI is InChI=1S/C13H19NO3/c1-9(14-17-13-4-2-3-5-13)10-6-11(15)8-12(16)7-10/h6-9,13-16H,2-5H2,1H3. The van der Waals surface area contributed by atoms with E-state index in [0.717, 1.165) is 18.4 Å².